The zero-order valence-corrected chi connectivity index (χ0v) is 17.9. The van der Waals surface area contributed by atoms with Gasteiger partial charge in [0, 0.05) is 24.9 Å². The maximum absolute atomic E-state index is 12.5. The number of aryl methyl sites for hydroxylation is 2. The van der Waals surface area contributed by atoms with Crippen molar-refractivity contribution in [1.82, 2.24) is 9.88 Å². The number of carbonyl (C=O) groups is 2. The van der Waals surface area contributed by atoms with Gasteiger partial charge in [-0.1, -0.05) is 6.08 Å². The molecule has 0 radical (unpaired) electrons. The van der Waals surface area contributed by atoms with Gasteiger partial charge in [-0.15, -0.1) is 0 Å². The van der Waals surface area contributed by atoms with Crippen LogP contribution in [0.25, 0.3) is 0 Å². The molecule has 0 fully saturated rings. The molecule has 0 saturated carbocycles. The molecule has 3 rings (SSSR count). The number of fused-ring (bicyclic) bond motifs is 1. The van der Waals surface area contributed by atoms with Gasteiger partial charge < -0.3 is 9.64 Å². The lowest BCUT2D eigenvalue weighted by molar-refractivity contribution is -0.133. The SMILES string of the molecule is COC(=O)C1=NC=CC(=CCC(C)N=NCC(=O)N2Cc3nc(C)cc(C)c3C2)C1. The van der Waals surface area contributed by atoms with Gasteiger partial charge in [-0.05, 0) is 56.0 Å². The van der Waals surface area contributed by atoms with Crippen molar-refractivity contribution in [2.45, 2.75) is 52.7 Å². The average molecular weight is 409 g/mol. The van der Waals surface area contributed by atoms with Crippen LogP contribution in [0.3, 0.4) is 0 Å². The number of aliphatic imine (C=N–C) groups is 1. The van der Waals surface area contributed by atoms with Gasteiger partial charge in [0.15, 0.2) is 0 Å². The summed E-state index contributed by atoms with van der Waals surface area (Å²) in [7, 11) is 1.34. The lowest BCUT2D eigenvalue weighted by atomic mass is 10.0. The van der Waals surface area contributed by atoms with Crippen molar-refractivity contribution in [2.75, 3.05) is 13.7 Å². The van der Waals surface area contributed by atoms with E-state index in [1.807, 2.05) is 32.1 Å². The number of allylic oxidation sites excluding steroid dienone is 2. The summed E-state index contributed by atoms with van der Waals surface area (Å²) < 4.78 is 4.71. The molecule has 0 aromatic carbocycles. The summed E-state index contributed by atoms with van der Waals surface area (Å²) in [6.45, 7) is 7.11. The van der Waals surface area contributed by atoms with Gasteiger partial charge in [0.2, 0.25) is 5.91 Å². The summed E-state index contributed by atoms with van der Waals surface area (Å²) in [6.07, 6.45) is 6.56. The minimum absolute atomic E-state index is 0.0337. The molecule has 1 atom stereocenters. The van der Waals surface area contributed by atoms with Gasteiger partial charge in [0.1, 0.15) is 12.3 Å². The first-order valence-electron chi connectivity index (χ1n) is 9.98. The van der Waals surface area contributed by atoms with E-state index in [1.165, 1.54) is 12.7 Å². The van der Waals surface area contributed by atoms with Gasteiger partial charge in [0.05, 0.1) is 25.4 Å². The molecule has 8 heteroatoms. The summed E-state index contributed by atoms with van der Waals surface area (Å²) in [6, 6.07) is 1.98. The topological polar surface area (TPSA) is 96.6 Å². The number of methoxy groups -OCH3 is 1. The second-order valence-corrected chi connectivity index (χ2v) is 7.59. The molecule has 0 spiro atoms. The third-order valence-corrected chi connectivity index (χ3v) is 5.12. The number of amides is 1. The molecule has 8 nitrogen and oxygen atoms in total. The highest BCUT2D eigenvalue weighted by Crippen LogP contribution is 2.25. The smallest absolute Gasteiger partial charge is 0.352 e. The number of pyridine rings is 1. The molecular formula is C22H27N5O3. The second-order valence-electron chi connectivity index (χ2n) is 7.59. The Labute approximate surface area is 176 Å². The van der Waals surface area contributed by atoms with Crippen LogP contribution in [0, 0.1) is 13.8 Å². The molecule has 30 heavy (non-hydrogen) atoms. The molecule has 0 bridgehead atoms. The van der Waals surface area contributed by atoms with E-state index in [0.29, 0.717) is 31.6 Å². The minimum Gasteiger partial charge on any atom is -0.465 e. The largest absolute Gasteiger partial charge is 0.465 e. The molecule has 1 unspecified atom stereocenters. The Morgan fingerprint density at radius 1 is 1.33 bits per heavy atom. The summed E-state index contributed by atoms with van der Waals surface area (Å²) in [5, 5.41) is 8.35. The Kier molecular flexibility index (Phi) is 6.87. The zero-order chi connectivity index (χ0) is 21.7. The Hall–Kier alpha value is -3.16. The van der Waals surface area contributed by atoms with Crippen LogP contribution in [0.1, 0.15) is 42.3 Å². The maximum atomic E-state index is 12.5. The molecule has 2 aliphatic rings. The van der Waals surface area contributed by atoms with Crippen molar-refractivity contribution >= 4 is 17.6 Å². The number of hydrogen-bond donors (Lipinski definition) is 0. The summed E-state index contributed by atoms with van der Waals surface area (Å²) >= 11 is 0. The summed E-state index contributed by atoms with van der Waals surface area (Å²) in [4.78, 5) is 34.4. The van der Waals surface area contributed by atoms with E-state index in [0.717, 1.165) is 22.5 Å². The van der Waals surface area contributed by atoms with Crippen LogP contribution in [-0.4, -0.2) is 47.2 Å². The monoisotopic (exact) mass is 409 g/mol. The number of esters is 1. The molecule has 158 valence electrons. The lowest BCUT2D eigenvalue weighted by Crippen LogP contribution is -2.27. The molecule has 0 N–H and O–H groups in total. The Morgan fingerprint density at radius 2 is 2.13 bits per heavy atom. The number of aromatic nitrogens is 1. The molecule has 0 saturated heterocycles. The second kappa shape index (κ2) is 9.56. The van der Waals surface area contributed by atoms with Crippen molar-refractivity contribution in [1.29, 1.82) is 0 Å². The molecule has 1 amide bonds. The Bertz CT molecular complexity index is 962. The molecule has 0 aliphatic carbocycles. The van der Waals surface area contributed by atoms with E-state index in [9.17, 15) is 9.59 Å². The standard InChI is InChI=1S/C22H27N5O3/c1-14-9-16(3)25-20-13-27(12-18(14)20)21(28)11-24-26-15(2)5-6-17-7-8-23-19(10-17)22(29)30-4/h6-9,15H,5,10-13H2,1-4H3. The Balaban J connectivity index is 1.47. The first-order valence-corrected chi connectivity index (χ1v) is 9.98. The van der Waals surface area contributed by atoms with Crippen molar-refractivity contribution in [3.8, 4) is 0 Å². The van der Waals surface area contributed by atoms with E-state index in [4.69, 9.17) is 4.74 Å². The van der Waals surface area contributed by atoms with Crippen LogP contribution >= 0.6 is 0 Å². The highest BCUT2D eigenvalue weighted by molar-refractivity contribution is 6.37. The van der Waals surface area contributed by atoms with Crippen LogP contribution in [0.15, 0.2) is 45.2 Å². The van der Waals surface area contributed by atoms with Gasteiger partial charge in [-0.3, -0.25) is 14.8 Å². The number of rotatable bonds is 6. The van der Waals surface area contributed by atoms with Gasteiger partial charge in [0.25, 0.3) is 0 Å². The van der Waals surface area contributed by atoms with E-state index in [-0.39, 0.29) is 18.5 Å². The van der Waals surface area contributed by atoms with E-state index in [1.54, 1.807) is 11.1 Å². The number of ether oxygens (including phenoxy) is 1. The normalized spacial score (nSPS) is 17.9. The first-order chi connectivity index (χ1) is 14.4. The van der Waals surface area contributed by atoms with E-state index >= 15 is 0 Å². The predicted molar refractivity (Wildman–Crippen MR) is 113 cm³/mol. The van der Waals surface area contributed by atoms with Crippen LogP contribution in [0.5, 0.6) is 0 Å². The molecule has 2 aliphatic heterocycles. The Morgan fingerprint density at radius 3 is 2.90 bits per heavy atom. The highest BCUT2D eigenvalue weighted by Gasteiger charge is 2.25. The fourth-order valence-electron chi connectivity index (χ4n) is 3.50. The molecule has 3 heterocycles. The number of hydrogen-bond acceptors (Lipinski definition) is 7. The summed E-state index contributed by atoms with van der Waals surface area (Å²) in [5.41, 5.74) is 5.64. The molecular weight excluding hydrogens is 382 g/mol. The maximum Gasteiger partial charge on any atom is 0.352 e. The number of nitrogens with zero attached hydrogens (tertiary/aromatic N) is 5. The zero-order valence-electron chi connectivity index (χ0n) is 17.9. The third-order valence-electron chi connectivity index (χ3n) is 5.12. The number of carbonyl (C=O) groups excluding carboxylic acids is 2. The van der Waals surface area contributed by atoms with Crippen LogP contribution in [-0.2, 0) is 27.4 Å². The van der Waals surface area contributed by atoms with Gasteiger partial charge in [-0.2, -0.15) is 10.2 Å². The molecule has 1 aromatic rings. The van der Waals surface area contributed by atoms with E-state index < -0.39 is 5.97 Å². The average Bonchev–Trinajstić information content (AvgIpc) is 3.16. The van der Waals surface area contributed by atoms with Crippen molar-refractivity contribution in [2.24, 2.45) is 15.2 Å². The van der Waals surface area contributed by atoms with Crippen molar-refractivity contribution < 1.29 is 14.3 Å². The highest BCUT2D eigenvalue weighted by atomic mass is 16.5. The number of azo groups is 1. The van der Waals surface area contributed by atoms with Gasteiger partial charge >= 0.3 is 5.97 Å². The fourth-order valence-corrected chi connectivity index (χ4v) is 3.50. The fraction of sp³-hybridized carbons (Fsp3) is 0.455. The van der Waals surface area contributed by atoms with Crippen molar-refractivity contribution in [3.63, 3.8) is 0 Å². The van der Waals surface area contributed by atoms with Gasteiger partial charge in [-0.25, -0.2) is 4.79 Å². The summed E-state index contributed by atoms with van der Waals surface area (Å²) in [5.74, 6) is -0.463. The third kappa shape index (κ3) is 5.25. The lowest BCUT2D eigenvalue weighted by Gasteiger charge is -2.13. The van der Waals surface area contributed by atoms with Crippen LogP contribution in [0.4, 0.5) is 0 Å². The molecule has 1 aromatic heterocycles. The van der Waals surface area contributed by atoms with Crippen LogP contribution < -0.4 is 0 Å². The van der Waals surface area contributed by atoms with Crippen molar-refractivity contribution in [3.05, 3.63) is 52.5 Å². The van der Waals surface area contributed by atoms with Crippen LogP contribution in [0.2, 0.25) is 0 Å². The predicted octanol–water partition coefficient (Wildman–Crippen LogP) is 3.23. The first kappa shape index (κ1) is 21.5. The van der Waals surface area contributed by atoms with E-state index in [2.05, 4.69) is 27.1 Å². The minimum atomic E-state index is -0.416. The quantitative estimate of drug-likeness (QED) is 0.532.